The zero-order chi connectivity index (χ0) is 23.9. The summed E-state index contributed by atoms with van der Waals surface area (Å²) in [4.78, 5) is 13.0. The molecule has 0 saturated heterocycles. The third-order valence-corrected chi connectivity index (χ3v) is 7.06. The van der Waals surface area contributed by atoms with Crippen LogP contribution >= 0.6 is 0 Å². The van der Waals surface area contributed by atoms with Crippen molar-refractivity contribution in [3.63, 3.8) is 0 Å². The van der Waals surface area contributed by atoms with Crippen LogP contribution in [0.4, 0.5) is 11.4 Å². The second-order valence-corrected chi connectivity index (χ2v) is 10.5. The molecule has 4 rings (SSSR count). The normalized spacial score (nSPS) is 11.8. The number of benzene rings is 3. The molecule has 1 amide bonds. The molecule has 0 aliphatic heterocycles. The molecule has 172 valence electrons. The fourth-order valence-electron chi connectivity index (χ4n) is 4.73. The van der Waals surface area contributed by atoms with E-state index in [1.165, 1.54) is 4.31 Å². The maximum atomic E-state index is 13.0. The van der Waals surface area contributed by atoms with E-state index in [1.54, 1.807) is 0 Å². The van der Waals surface area contributed by atoms with Gasteiger partial charge in [-0.2, -0.15) is 0 Å². The second-order valence-electron chi connectivity index (χ2n) is 8.56. The van der Waals surface area contributed by atoms with Gasteiger partial charge in [0.25, 0.3) is 0 Å². The van der Waals surface area contributed by atoms with Gasteiger partial charge >= 0.3 is 0 Å². The molecule has 33 heavy (non-hydrogen) atoms. The molecule has 1 aromatic heterocycles. The number of para-hydroxylation sites is 1. The Bertz CT molecular complexity index is 1460. The molecule has 7 heteroatoms. The summed E-state index contributed by atoms with van der Waals surface area (Å²) in [5.74, 6) is -0.390. The van der Waals surface area contributed by atoms with Gasteiger partial charge in [-0.3, -0.25) is 9.10 Å². The molecule has 0 fully saturated rings. The third kappa shape index (κ3) is 4.33. The smallest absolute Gasteiger partial charge is 0.245 e. The van der Waals surface area contributed by atoms with Gasteiger partial charge in [0.05, 0.1) is 11.9 Å². The predicted molar refractivity (Wildman–Crippen MR) is 137 cm³/mol. The minimum Gasteiger partial charge on any atom is -0.341 e. The van der Waals surface area contributed by atoms with Gasteiger partial charge in [-0.15, -0.1) is 0 Å². The fraction of sp³-hybridized carbons (Fsp3) is 0.269. The van der Waals surface area contributed by atoms with Crippen LogP contribution in [0, 0.1) is 20.8 Å². The van der Waals surface area contributed by atoms with Crippen molar-refractivity contribution in [3.05, 3.63) is 71.3 Å². The SMILES string of the molecule is CCn1c2ccccc2c2cc(NC(=O)CN(c3c(C)cc(C)cc3C)S(C)(=O)=O)ccc21. The summed E-state index contributed by atoms with van der Waals surface area (Å²) in [7, 11) is -3.66. The molecule has 0 unspecified atom stereocenters. The first-order chi connectivity index (χ1) is 15.6. The quantitative estimate of drug-likeness (QED) is 0.430. The standard InChI is InChI=1S/C26H29N3O3S/c1-6-28-23-10-8-7-9-21(23)22-15-20(11-12-24(22)28)27-25(30)16-29(33(5,31)32)26-18(3)13-17(2)14-19(26)4/h7-15H,6,16H2,1-5H3,(H,27,30). The Morgan fingerprint density at radius 3 is 2.21 bits per heavy atom. The average molecular weight is 464 g/mol. The molecule has 4 aromatic rings. The fourth-order valence-corrected chi connectivity index (χ4v) is 5.70. The van der Waals surface area contributed by atoms with E-state index in [4.69, 9.17) is 0 Å². The number of aromatic nitrogens is 1. The van der Waals surface area contributed by atoms with Crippen LogP contribution in [0.5, 0.6) is 0 Å². The van der Waals surface area contributed by atoms with Crippen molar-refractivity contribution in [1.29, 1.82) is 0 Å². The summed E-state index contributed by atoms with van der Waals surface area (Å²) in [6.45, 7) is 8.35. The van der Waals surface area contributed by atoms with Crippen LogP contribution < -0.4 is 9.62 Å². The highest BCUT2D eigenvalue weighted by Gasteiger charge is 2.24. The Balaban J connectivity index is 1.67. The number of nitrogens with zero attached hydrogens (tertiary/aromatic N) is 2. The van der Waals surface area contributed by atoms with Crippen LogP contribution in [0.15, 0.2) is 54.6 Å². The van der Waals surface area contributed by atoms with Crippen molar-refractivity contribution in [2.45, 2.75) is 34.2 Å². The number of aryl methyl sites for hydroxylation is 4. The number of sulfonamides is 1. The van der Waals surface area contributed by atoms with E-state index in [1.807, 2.05) is 63.2 Å². The van der Waals surface area contributed by atoms with E-state index in [0.29, 0.717) is 11.4 Å². The Morgan fingerprint density at radius 1 is 0.939 bits per heavy atom. The van der Waals surface area contributed by atoms with Crippen molar-refractivity contribution in [3.8, 4) is 0 Å². The highest BCUT2D eigenvalue weighted by Crippen LogP contribution is 2.31. The Kier molecular flexibility index (Phi) is 5.93. The monoisotopic (exact) mass is 463 g/mol. The lowest BCUT2D eigenvalue weighted by Gasteiger charge is -2.26. The summed E-state index contributed by atoms with van der Waals surface area (Å²) < 4.78 is 28.6. The van der Waals surface area contributed by atoms with Gasteiger partial charge in [0.1, 0.15) is 6.54 Å². The van der Waals surface area contributed by atoms with Crippen LogP contribution in [0.2, 0.25) is 0 Å². The van der Waals surface area contributed by atoms with Crippen molar-refractivity contribution in [1.82, 2.24) is 4.57 Å². The second kappa shape index (κ2) is 8.56. The molecular weight excluding hydrogens is 434 g/mol. The van der Waals surface area contributed by atoms with E-state index in [0.717, 1.165) is 51.3 Å². The van der Waals surface area contributed by atoms with Gasteiger partial charge in [0.2, 0.25) is 15.9 Å². The number of carbonyl (C=O) groups is 1. The number of amides is 1. The van der Waals surface area contributed by atoms with Crippen molar-refractivity contribution in [2.75, 3.05) is 22.4 Å². The summed E-state index contributed by atoms with van der Waals surface area (Å²) in [6, 6.07) is 17.8. The Hall–Kier alpha value is -3.32. The first kappa shape index (κ1) is 22.9. The molecule has 0 aliphatic carbocycles. The molecular formula is C26H29N3O3S. The molecule has 0 atom stereocenters. The average Bonchev–Trinajstić information content (AvgIpc) is 3.04. The number of hydrogen-bond donors (Lipinski definition) is 1. The molecule has 0 bridgehead atoms. The van der Waals surface area contributed by atoms with Crippen molar-refractivity contribution < 1.29 is 13.2 Å². The van der Waals surface area contributed by atoms with Crippen molar-refractivity contribution >= 4 is 49.1 Å². The molecule has 1 heterocycles. The van der Waals surface area contributed by atoms with Crippen LogP contribution in [-0.2, 0) is 21.4 Å². The van der Waals surface area contributed by atoms with Crippen molar-refractivity contribution in [2.24, 2.45) is 0 Å². The van der Waals surface area contributed by atoms with Gasteiger partial charge in [-0.05, 0) is 63.1 Å². The molecule has 0 radical (unpaired) electrons. The summed E-state index contributed by atoms with van der Waals surface area (Å²) in [5, 5.41) is 5.07. The third-order valence-electron chi connectivity index (χ3n) is 5.94. The van der Waals surface area contributed by atoms with E-state index < -0.39 is 15.9 Å². The summed E-state index contributed by atoms with van der Waals surface area (Å²) >= 11 is 0. The van der Waals surface area contributed by atoms with Crippen LogP contribution in [0.1, 0.15) is 23.6 Å². The van der Waals surface area contributed by atoms with E-state index in [2.05, 4.69) is 28.9 Å². The maximum Gasteiger partial charge on any atom is 0.245 e. The first-order valence-corrected chi connectivity index (χ1v) is 12.8. The predicted octanol–water partition coefficient (Wildman–Crippen LogP) is 5.14. The van der Waals surface area contributed by atoms with Crippen LogP contribution in [0.3, 0.4) is 0 Å². The van der Waals surface area contributed by atoms with Gasteiger partial charge in [-0.1, -0.05) is 35.9 Å². The molecule has 6 nitrogen and oxygen atoms in total. The lowest BCUT2D eigenvalue weighted by molar-refractivity contribution is -0.114. The number of hydrogen-bond acceptors (Lipinski definition) is 3. The largest absolute Gasteiger partial charge is 0.341 e. The lowest BCUT2D eigenvalue weighted by Crippen LogP contribution is -2.38. The summed E-state index contributed by atoms with van der Waals surface area (Å²) in [6.07, 6.45) is 1.13. The van der Waals surface area contributed by atoms with Gasteiger partial charge in [0.15, 0.2) is 0 Å². The number of rotatable bonds is 6. The highest BCUT2D eigenvalue weighted by molar-refractivity contribution is 7.92. The summed E-state index contributed by atoms with van der Waals surface area (Å²) in [5.41, 5.74) is 6.12. The maximum absolute atomic E-state index is 13.0. The topological polar surface area (TPSA) is 71.4 Å². The zero-order valence-electron chi connectivity index (χ0n) is 19.6. The highest BCUT2D eigenvalue weighted by atomic mass is 32.2. The molecule has 0 saturated carbocycles. The number of anilines is 2. The minimum atomic E-state index is -3.66. The Labute approximate surface area is 194 Å². The molecule has 3 aromatic carbocycles. The molecule has 0 aliphatic rings. The number of nitrogens with one attached hydrogen (secondary N) is 1. The van der Waals surface area contributed by atoms with E-state index in [9.17, 15) is 13.2 Å². The van der Waals surface area contributed by atoms with Gasteiger partial charge in [-0.25, -0.2) is 8.42 Å². The van der Waals surface area contributed by atoms with Crippen LogP contribution in [-0.4, -0.2) is 31.7 Å². The number of carbonyl (C=O) groups excluding carboxylic acids is 1. The number of fused-ring (bicyclic) bond motifs is 3. The van der Waals surface area contributed by atoms with E-state index >= 15 is 0 Å². The lowest BCUT2D eigenvalue weighted by atomic mass is 10.1. The molecule has 0 spiro atoms. The first-order valence-electron chi connectivity index (χ1n) is 11.0. The van der Waals surface area contributed by atoms with Gasteiger partial charge in [0, 0.05) is 34.0 Å². The van der Waals surface area contributed by atoms with E-state index in [-0.39, 0.29) is 6.54 Å². The minimum absolute atomic E-state index is 0.293. The van der Waals surface area contributed by atoms with Gasteiger partial charge < -0.3 is 9.88 Å². The van der Waals surface area contributed by atoms with Crippen LogP contribution in [0.25, 0.3) is 21.8 Å². The zero-order valence-corrected chi connectivity index (χ0v) is 20.5. The molecule has 1 N–H and O–H groups in total. The Morgan fingerprint density at radius 2 is 1.58 bits per heavy atom.